The van der Waals surface area contributed by atoms with Crippen LogP contribution in [-0.2, 0) is 0 Å². The summed E-state index contributed by atoms with van der Waals surface area (Å²) in [4.78, 5) is 2.55. The number of ether oxygens (including phenoxy) is 1. The van der Waals surface area contributed by atoms with E-state index in [1.165, 1.54) is 38.3 Å². The van der Waals surface area contributed by atoms with Crippen molar-refractivity contribution in [2.75, 3.05) is 26.2 Å². The smallest absolute Gasteiger partial charge is 0.180 e. The quantitative estimate of drug-likeness (QED) is 0.412. The van der Waals surface area contributed by atoms with Gasteiger partial charge in [0.25, 0.3) is 0 Å². The third-order valence-corrected chi connectivity index (χ3v) is 4.62. The Balaban J connectivity index is 0.00000169. The molecule has 1 unspecified atom stereocenters. The zero-order valence-corrected chi connectivity index (χ0v) is 16.8. The van der Waals surface area contributed by atoms with Crippen molar-refractivity contribution in [2.24, 2.45) is 5.92 Å². The lowest BCUT2D eigenvalue weighted by atomic mass is 10.0. The molecule has 26 heavy (non-hydrogen) atoms. The van der Waals surface area contributed by atoms with Crippen LogP contribution in [0.3, 0.4) is 0 Å². The second-order valence-corrected chi connectivity index (χ2v) is 6.72. The van der Waals surface area contributed by atoms with Gasteiger partial charge in [-0.2, -0.15) is 4.73 Å². The van der Waals surface area contributed by atoms with Crippen LogP contribution in [0.15, 0.2) is 48.8 Å². The molecule has 144 valence electrons. The van der Waals surface area contributed by atoms with Gasteiger partial charge in [-0.15, -0.1) is 24.8 Å². The van der Waals surface area contributed by atoms with Crippen molar-refractivity contribution < 1.29 is 9.47 Å². The van der Waals surface area contributed by atoms with Crippen molar-refractivity contribution in [1.29, 1.82) is 0 Å². The fourth-order valence-corrected chi connectivity index (χ4v) is 3.32. The Morgan fingerprint density at radius 2 is 1.73 bits per heavy atom. The second kappa shape index (κ2) is 11.3. The van der Waals surface area contributed by atoms with Gasteiger partial charge in [0.1, 0.15) is 5.75 Å². The fraction of sp³-hybridized carbons (Fsp3) is 0.450. The molecule has 1 aliphatic rings. The lowest BCUT2D eigenvalue weighted by Gasteiger charge is -2.30. The summed E-state index contributed by atoms with van der Waals surface area (Å²) in [5.74, 6) is 1.74. The van der Waals surface area contributed by atoms with Gasteiger partial charge in [0.2, 0.25) is 0 Å². The predicted octanol–water partition coefficient (Wildman–Crippen LogP) is 4.33. The molecule has 1 saturated heterocycles. The van der Waals surface area contributed by atoms with E-state index in [0.29, 0.717) is 0 Å². The first-order chi connectivity index (χ1) is 11.7. The Morgan fingerprint density at radius 3 is 2.38 bits per heavy atom. The van der Waals surface area contributed by atoms with E-state index in [-0.39, 0.29) is 24.8 Å². The molecule has 1 aromatic heterocycles. The maximum atomic E-state index is 11.1. The second-order valence-electron chi connectivity index (χ2n) is 6.72. The topological polar surface area (TPSA) is 39.4 Å². The number of rotatable bonds is 6. The molecule has 0 amide bonds. The molecule has 1 aliphatic heterocycles. The van der Waals surface area contributed by atoms with E-state index in [1.807, 2.05) is 36.4 Å². The molecule has 2 aromatic rings. The van der Waals surface area contributed by atoms with Crippen LogP contribution in [0.25, 0.3) is 11.1 Å². The van der Waals surface area contributed by atoms with Crippen LogP contribution in [-0.4, -0.2) is 31.1 Å². The first kappa shape index (κ1) is 22.6. The summed E-state index contributed by atoms with van der Waals surface area (Å²) in [5, 5.41) is 11.1. The van der Waals surface area contributed by atoms with Gasteiger partial charge in [0.05, 0.1) is 6.61 Å². The van der Waals surface area contributed by atoms with Crippen molar-refractivity contribution in [3.8, 4) is 16.9 Å². The minimum atomic E-state index is 0. The van der Waals surface area contributed by atoms with Gasteiger partial charge in [0.15, 0.2) is 12.4 Å². The Labute approximate surface area is 168 Å². The number of piperidine rings is 1. The largest absolute Gasteiger partial charge is 0.619 e. The number of nitrogens with zero attached hydrogens (tertiary/aromatic N) is 2. The molecule has 2 heterocycles. The maximum absolute atomic E-state index is 11.1. The number of pyridine rings is 1. The molecule has 0 saturated carbocycles. The average molecular weight is 399 g/mol. The maximum Gasteiger partial charge on any atom is 0.180 e. The lowest BCUT2D eigenvalue weighted by Crippen LogP contribution is -2.35. The Hall–Kier alpha value is -1.49. The molecular formula is C20H28Cl2N2O2. The summed E-state index contributed by atoms with van der Waals surface area (Å²) in [7, 11) is 0. The van der Waals surface area contributed by atoms with E-state index in [1.54, 1.807) is 0 Å². The van der Waals surface area contributed by atoms with Gasteiger partial charge in [-0.25, -0.2) is 0 Å². The lowest BCUT2D eigenvalue weighted by molar-refractivity contribution is -0.605. The fourth-order valence-electron chi connectivity index (χ4n) is 3.32. The summed E-state index contributed by atoms with van der Waals surface area (Å²) >= 11 is 0. The molecule has 3 rings (SSSR count). The summed E-state index contributed by atoms with van der Waals surface area (Å²) in [6.07, 6.45) is 6.80. The van der Waals surface area contributed by atoms with Crippen LogP contribution in [0, 0.1) is 11.1 Å². The third kappa shape index (κ3) is 6.67. The summed E-state index contributed by atoms with van der Waals surface area (Å²) in [6, 6.07) is 11.7. The van der Waals surface area contributed by atoms with Crippen molar-refractivity contribution in [3.05, 3.63) is 54.0 Å². The van der Waals surface area contributed by atoms with E-state index in [4.69, 9.17) is 4.74 Å². The van der Waals surface area contributed by atoms with Gasteiger partial charge in [0, 0.05) is 25.2 Å². The summed E-state index contributed by atoms with van der Waals surface area (Å²) < 4.78 is 6.65. The summed E-state index contributed by atoms with van der Waals surface area (Å²) in [5.41, 5.74) is 2.12. The first-order valence-electron chi connectivity index (χ1n) is 8.85. The molecule has 0 aliphatic carbocycles. The standard InChI is InChI=1S/C20H26N2O2.2ClH/c1-17-4-2-11-21(16-17)12-3-15-24-20-7-5-18(6-8-20)19-9-13-22(23)14-10-19;;/h5-10,13-14,17H,2-4,11-12,15-16H2,1H3;2*1H. The molecule has 1 atom stereocenters. The van der Waals surface area contributed by atoms with Crippen LogP contribution in [0.2, 0.25) is 0 Å². The molecule has 6 heteroatoms. The minimum Gasteiger partial charge on any atom is -0.619 e. The molecular weight excluding hydrogens is 371 g/mol. The Morgan fingerprint density at radius 1 is 1.08 bits per heavy atom. The SMILES string of the molecule is CC1CCCN(CCCOc2ccc(-c3cc[n+]([O-])cc3)cc2)C1.Cl.Cl. The highest BCUT2D eigenvalue weighted by atomic mass is 35.5. The number of hydrogen-bond donors (Lipinski definition) is 0. The number of hydrogen-bond acceptors (Lipinski definition) is 3. The minimum absolute atomic E-state index is 0. The van der Waals surface area contributed by atoms with E-state index >= 15 is 0 Å². The van der Waals surface area contributed by atoms with E-state index in [2.05, 4.69) is 11.8 Å². The van der Waals surface area contributed by atoms with Crippen molar-refractivity contribution >= 4 is 24.8 Å². The average Bonchev–Trinajstić information content (AvgIpc) is 2.60. The molecule has 1 aromatic carbocycles. The van der Waals surface area contributed by atoms with Gasteiger partial charge in [-0.3, -0.25) is 0 Å². The first-order valence-corrected chi connectivity index (χ1v) is 8.85. The summed E-state index contributed by atoms with van der Waals surface area (Å²) in [6.45, 7) is 6.69. The molecule has 0 spiro atoms. The number of aromatic nitrogens is 1. The van der Waals surface area contributed by atoms with Gasteiger partial charge in [-0.05, 0) is 55.0 Å². The third-order valence-electron chi connectivity index (χ3n) is 4.62. The molecule has 1 fully saturated rings. The highest BCUT2D eigenvalue weighted by Gasteiger charge is 2.15. The monoisotopic (exact) mass is 398 g/mol. The van der Waals surface area contributed by atoms with Crippen LogP contribution in [0.1, 0.15) is 26.2 Å². The number of benzene rings is 1. The van der Waals surface area contributed by atoms with Crippen molar-refractivity contribution in [3.63, 3.8) is 0 Å². The van der Waals surface area contributed by atoms with Crippen LogP contribution in [0.5, 0.6) is 5.75 Å². The Kier molecular flexibility index (Phi) is 9.78. The Bertz CT molecular complexity index is 635. The van der Waals surface area contributed by atoms with Crippen LogP contribution in [0.4, 0.5) is 0 Å². The zero-order valence-electron chi connectivity index (χ0n) is 15.2. The highest BCUT2D eigenvalue weighted by molar-refractivity contribution is 5.85. The molecule has 0 radical (unpaired) electrons. The van der Waals surface area contributed by atoms with E-state index in [9.17, 15) is 5.21 Å². The number of likely N-dealkylation sites (tertiary alicyclic amines) is 1. The van der Waals surface area contributed by atoms with Gasteiger partial charge >= 0.3 is 0 Å². The molecule has 0 N–H and O–H groups in total. The highest BCUT2D eigenvalue weighted by Crippen LogP contribution is 2.21. The van der Waals surface area contributed by atoms with Crippen LogP contribution >= 0.6 is 24.8 Å². The van der Waals surface area contributed by atoms with Gasteiger partial charge in [-0.1, -0.05) is 19.1 Å². The van der Waals surface area contributed by atoms with Crippen LogP contribution < -0.4 is 9.47 Å². The zero-order chi connectivity index (χ0) is 16.8. The predicted molar refractivity (Wildman–Crippen MR) is 110 cm³/mol. The molecule has 0 bridgehead atoms. The van der Waals surface area contributed by atoms with Crippen molar-refractivity contribution in [2.45, 2.75) is 26.2 Å². The molecule has 4 nitrogen and oxygen atoms in total. The number of halogens is 2. The van der Waals surface area contributed by atoms with Gasteiger partial charge < -0.3 is 14.8 Å². The van der Waals surface area contributed by atoms with E-state index in [0.717, 1.165) is 47.1 Å². The van der Waals surface area contributed by atoms with Crippen molar-refractivity contribution in [1.82, 2.24) is 4.90 Å². The van der Waals surface area contributed by atoms with E-state index < -0.39 is 0 Å². The normalized spacial score (nSPS) is 17.0.